The van der Waals surface area contributed by atoms with Crippen molar-refractivity contribution in [3.05, 3.63) is 53.1 Å². The Balaban J connectivity index is 1.66. The van der Waals surface area contributed by atoms with E-state index in [0.29, 0.717) is 18.7 Å². The topological polar surface area (TPSA) is 75.6 Å². The molecule has 3 rings (SSSR count). The molecular formula is C23H30N4O3. The van der Waals surface area contributed by atoms with Crippen LogP contribution in [0.4, 0.5) is 0 Å². The second-order valence-corrected chi connectivity index (χ2v) is 7.98. The molecule has 0 N–H and O–H groups in total. The van der Waals surface area contributed by atoms with Crippen molar-refractivity contribution in [1.29, 1.82) is 0 Å². The van der Waals surface area contributed by atoms with Gasteiger partial charge in [0.15, 0.2) is 6.61 Å². The molecule has 0 aliphatic carbocycles. The number of hydrogen-bond acceptors (Lipinski definition) is 5. The number of piperidine rings is 1. The first-order valence-corrected chi connectivity index (χ1v) is 10.3. The molecule has 7 nitrogen and oxygen atoms in total. The number of aryl methyl sites for hydroxylation is 2. The molecule has 1 fully saturated rings. The van der Waals surface area contributed by atoms with Crippen LogP contribution in [0.25, 0.3) is 0 Å². The lowest BCUT2D eigenvalue weighted by Gasteiger charge is -2.32. The molecular weight excluding hydrogens is 380 g/mol. The van der Waals surface area contributed by atoms with Crippen molar-refractivity contribution in [1.82, 2.24) is 19.8 Å². The highest BCUT2D eigenvalue weighted by atomic mass is 16.5. The summed E-state index contributed by atoms with van der Waals surface area (Å²) >= 11 is 0. The number of rotatable bonds is 6. The highest BCUT2D eigenvalue weighted by Gasteiger charge is 2.27. The van der Waals surface area contributed by atoms with Crippen LogP contribution >= 0.6 is 0 Å². The summed E-state index contributed by atoms with van der Waals surface area (Å²) in [5.74, 6) is 1.55. The van der Waals surface area contributed by atoms with Crippen LogP contribution in [0.3, 0.4) is 0 Å². The molecule has 1 aromatic heterocycles. The maximum Gasteiger partial charge on any atom is 0.260 e. The largest absolute Gasteiger partial charge is 0.484 e. The fourth-order valence-corrected chi connectivity index (χ4v) is 3.68. The highest BCUT2D eigenvalue weighted by Crippen LogP contribution is 2.26. The minimum atomic E-state index is -0.0230. The van der Waals surface area contributed by atoms with Crippen LogP contribution in [0, 0.1) is 13.8 Å². The minimum absolute atomic E-state index is 0.0230. The molecule has 30 heavy (non-hydrogen) atoms. The molecule has 2 heterocycles. The molecule has 0 saturated carbocycles. The van der Waals surface area contributed by atoms with Crippen molar-refractivity contribution in [2.75, 3.05) is 33.8 Å². The molecule has 2 aromatic rings. The minimum Gasteiger partial charge on any atom is -0.484 e. The monoisotopic (exact) mass is 410 g/mol. The molecule has 0 spiro atoms. The van der Waals surface area contributed by atoms with Gasteiger partial charge in [-0.05, 0) is 38.8 Å². The van der Waals surface area contributed by atoms with Crippen molar-refractivity contribution in [3.8, 4) is 5.75 Å². The molecule has 1 saturated heterocycles. The van der Waals surface area contributed by atoms with Gasteiger partial charge < -0.3 is 14.5 Å². The summed E-state index contributed by atoms with van der Waals surface area (Å²) in [5.41, 5.74) is 2.56. The van der Waals surface area contributed by atoms with Crippen LogP contribution in [-0.4, -0.2) is 65.4 Å². The fourth-order valence-electron chi connectivity index (χ4n) is 3.68. The first-order valence-electron chi connectivity index (χ1n) is 10.3. The molecule has 1 unspecified atom stereocenters. The lowest BCUT2D eigenvalue weighted by Crippen LogP contribution is -2.42. The van der Waals surface area contributed by atoms with Gasteiger partial charge in [0.25, 0.3) is 5.91 Å². The van der Waals surface area contributed by atoms with Gasteiger partial charge in [0.2, 0.25) is 5.91 Å². The maximum atomic E-state index is 12.6. The van der Waals surface area contributed by atoms with Crippen molar-refractivity contribution in [2.24, 2.45) is 0 Å². The van der Waals surface area contributed by atoms with Crippen molar-refractivity contribution in [2.45, 2.75) is 39.0 Å². The predicted octanol–water partition coefficient (Wildman–Crippen LogP) is 2.51. The fraction of sp³-hybridized carbons (Fsp3) is 0.478. The average molecular weight is 411 g/mol. The number of carbonyl (C=O) groups is 2. The molecule has 1 aliphatic heterocycles. The van der Waals surface area contributed by atoms with Gasteiger partial charge in [-0.2, -0.15) is 0 Å². The zero-order valence-electron chi connectivity index (χ0n) is 18.2. The second kappa shape index (κ2) is 9.69. The number of aromatic nitrogens is 2. The van der Waals surface area contributed by atoms with Crippen LogP contribution in [0.5, 0.6) is 5.75 Å². The van der Waals surface area contributed by atoms with Gasteiger partial charge >= 0.3 is 0 Å². The van der Waals surface area contributed by atoms with E-state index in [4.69, 9.17) is 14.7 Å². The van der Waals surface area contributed by atoms with Gasteiger partial charge in [-0.3, -0.25) is 9.59 Å². The van der Waals surface area contributed by atoms with Crippen molar-refractivity contribution in [3.63, 3.8) is 0 Å². The van der Waals surface area contributed by atoms with E-state index in [9.17, 15) is 9.59 Å². The van der Waals surface area contributed by atoms with Crippen molar-refractivity contribution >= 4 is 11.8 Å². The number of hydrogen-bond donors (Lipinski definition) is 0. The highest BCUT2D eigenvalue weighted by molar-refractivity contribution is 5.79. The van der Waals surface area contributed by atoms with Gasteiger partial charge in [-0.15, -0.1) is 0 Å². The van der Waals surface area contributed by atoms with Crippen molar-refractivity contribution < 1.29 is 14.3 Å². The molecule has 1 atom stereocenters. The van der Waals surface area contributed by atoms with Crippen LogP contribution in [-0.2, 0) is 16.0 Å². The third-order valence-electron chi connectivity index (χ3n) is 5.51. The van der Waals surface area contributed by atoms with Crippen LogP contribution < -0.4 is 4.74 Å². The third-order valence-corrected chi connectivity index (χ3v) is 5.51. The number of ether oxygens (including phenoxy) is 1. The number of carbonyl (C=O) groups excluding carboxylic acids is 2. The van der Waals surface area contributed by atoms with Gasteiger partial charge in [0.1, 0.15) is 11.6 Å². The summed E-state index contributed by atoms with van der Waals surface area (Å²) in [5, 5.41) is 0. The summed E-state index contributed by atoms with van der Waals surface area (Å²) in [6, 6.07) is 9.36. The summed E-state index contributed by atoms with van der Waals surface area (Å²) < 4.78 is 5.61. The van der Waals surface area contributed by atoms with E-state index in [1.54, 1.807) is 19.0 Å². The van der Waals surface area contributed by atoms with Crippen LogP contribution in [0.2, 0.25) is 0 Å². The molecule has 0 radical (unpaired) electrons. The Morgan fingerprint density at radius 3 is 2.43 bits per heavy atom. The summed E-state index contributed by atoms with van der Waals surface area (Å²) in [7, 11) is 3.49. The Hall–Kier alpha value is -2.96. The van der Waals surface area contributed by atoms with Gasteiger partial charge in [0.05, 0.1) is 6.42 Å². The Morgan fingerprint density at radius 2 is 1.80 bits per heavy atom. The third kappa shape index (κ3) is 5.34. The Bertz CT molecular complexity index is 876. The van der Waals surface area contributed by atoms with Gasteiger partial charge in [0, 0.05) is 50.1 Å². The molecule has 7 heteroatoms. The first kappa shape index (κ1) is 21.7. The lowest BCUT2D eigenvalue weighted by molar-refractivity contribution is -0.134. The normalized spacial score (nSPS) is 16.3. The molecule has 2 amide bonds. The number of nitrogens with zero attached hydrogens (tertiary/aromatic N) is 4. The molecule has 1 aliphatic rings. The van der Waals surface area contributed by atoms with E-state index >= 15 is 0 Å². The zero-order valence-corrected chi connectivity index (χ0v) is 18.2. The summed E-state index contributed by atoms with van der Waals surface area (Å²) in [4.78, 5) is 37.6. The van der Waals surface area contributed by atoms with Crippen LogP contribution in [0.1, 0.15) is 41.5 Å². The maximum absolute atomic E-state index is 12.6. The lowest BCUT2D eigenvalue weighted by atomic mass is 9.96. The Labute approximate surface area is 178 Å². The Morgan fingerprint density at radius 1 is 1.13 bits per heavy atom. The standard InChI is InChI=1S/C23H30N4O3/c1-16-20(13-21(28)26(3)4)17(2)25-23(24-16)18-9-8-12-27(14-18)22(29)15-30-19-10-6-5-7-11-19/h5-7,10-11,18H,8-9,12-15H2,1-4H3. The smallest absolute Gasteiger partial charge is 0.260 e. The average Bonchev–Trinajstić information content (AvgIpc) is 2.75. The number of likely N-dealkylation sites (N-methyl/N-ethyl adjacent to an activating group) is 1. The second-order valence-electron chi connectivity index (χ2n) is 7.98. The molecule has 0 bridgehead atoms. The van der Waals surface area contributed by atoms with E-state index in [1.165, 1.54) is 0 Å². The molecule has 160 valence electrons. The first-order chi connectivity index (χ1) is 14.3. The predicted molar refractivity (Wildman–Crippen MR) is 114 cm³/mol. The quantitative estimate of drug-likeness (QED) is 0.731. The Kier molecular flexibility index (Phi) is 7.03. The van der Waals surface area contributed by atoms with E-state index in [1.807, 2.05) is 49.1 Å². The van der Waals surface area contributed by atoms with E-state index < -0.39 is 0 Å². The van der Waals surface area contributed by atoms with Gasteiger partial charge in [-0.1, -0.05) is 18.2 Å². The summed E-state index contributed by atoms with van der Waals surface area (Å²) in [6.07, 6.45) is 2.15. The van der Waals surface area contributed by atoms with E-state index in [2.05, 4.69) is 0 Å². The van der Waals surface area contributed by atoms with E-state index in [0.717, 1.165) is 42.2 Å². The van der Waals surface area contributed by atoms with Crippen LogP contribution in [0.15, 0.2) is 30.3 Å². The zero-order chi connectivity index (χ0) is 21.7. The van der Waals surface area contributed by atoms with Gasteiger partial charge in [-0.25, -0.2) is 9.97 Å². The number of likely N-dealkylation sites (tertiary alicyclic amines) is 1. The number of amides is 2. The SMILES string of the molecule is Cc1nc(C2CCCN(C(=O)COc3ccccc3)C2)nc(C)c1CC(=O)N(C)C. The number of para-hydroxylation sites is 1. The molecule has 1 aromatic carbocycles. The number of benzene rings is 1. The van der Waals surface area contributed by atoms with E-state index in [-0.39, 0.29) is 24.3 Å². The summed E-state index contributed by atoms with van der Waals surface area (Å²) in [6.45, 7) is 5.19.